The summed E-state index contributed by atoms with van der Waals surface area (Å²) in [6.45, 7) is 4.20. The molecule has 4 N–H and O–H groups in total. The fraction of sp³-hybridized carbons (Fsp3) is 0.933. The summed E-state index contributed by atoms with van der Waals surface area (Å²) < 4.78 is 0. The highest BCUT2D eigenvalue weighted by Crippen LogP contribution is 2.39. The van der Waals surface area contributed by atoms with E-state index in [0.29, 0.717) is 5.92 Å². The molecule has 0 spiro atoms. The van der Waals surface area contributed by atoms with Gasteiger partial charge in [-0.1, -0.05) is 26.2 Å². The molecule has 0 aromatic rings. The fourth-order valence-corrected chi connectivity index (χ4v) is 3.82. The van der Waals surface area contributed by atoms with Crippen molar-refractivity contribution in [2.24, 2.45) is 17.1 Å². The van der Waals surface area contributed by atoms with Crippen LogP contribution in [0, 0.1) is 11.3 Å². The normalized spacial score (nSPS) is 43.2. The highest BCUT2D eigenvalue weighted by molar-refractivity contribution is 5.84. The fourth-order valence-electron chi connectivity index (χ4n) is 3.82. The van der Waals surface area contributed by atoms with Crippen molar-refractivity contribution in [3.63, 3.8) is 0 Å². The molecule has 2 aliphatic carbocycles. The topological polar surface area (TPSA) is 75.3 Å². The summed E-state index contributed by atoms with van der Waals surface area (Å²) in [4.78, 5) is 12.6. The van der Waals surface area contributed by atoms with Crippen LogP contribution >= 0.6 is 0 Å². The van der Waals surface area contributed by atoms with E-state index in [2.05, 4.69) is 12.2 Å². The molecule has 110 valence electrons. The molecule has 2 rings (SSSR count). The predicted molar refractivity (Wildman–Crippen MR) is 75.5 cm³/mol. The lowest BCUT2D eigenvalue weighted by Gasteiger charge is -2.42. The Bertz CT molecular complexity index is 347. The molecule has 2 saturated carbocycles. The van der Waals surface area contributed by atoms with Crippen LogP contribution in [0.4, 0.5) is 0 Å². The molecule has 0 heterocycles. The lowest BCUT2D eigenvalue weighted by molar-refractivity contribution is -0.134. The minimum atomic E-state index is -0.456. The zero-order chi connectivity index (χ0) is 14.1. The molecule has 2 aliphatic rings. The lowest BCUT2D eigenvalue weighted by atomic mass is 9.75. The Kier molecular flexibility index (Phi) is 4.21. The molecule has 19 heavy (non-hydrogen) atoms. The SMILES string of the molecule is CC1CCCC(CO)(NC(=O)C2(C)CCCC2N)C1. The first-order valence-corrected chi connectivity index (χ1v) is 7.61. The monoisotopic (exact) mass is 268 g/mol. The van der Waals surface area contributed by atoms with Gasteiger partial charge in [0.2, 0.25) is 5.91 Å². The van der Waals surface area contributed by atoms with Gasteiger partial charge in [-0.3, -0.25) is 4.79 Å². The van der Waals surface area contributed by atoms with Crippen LogP contribution in [0.25, 0.3) is 0 Å². The molecule has 0 aromatic heterocycles. The zero-order valence-electron chi connectivity index (χ0n) is 12.2. The average molecular weight is 268 g/mol. The number of aliphatic hydroxyl groups is 1. The largest absolute Gasteiger partial charge is 0.394 e. The molecule has 0 aromatic carbocycles. The van der Waals surface area contributed by atoms with Crippen LogP contribution < -0.4 is 11.1 Å². The van der Waals surface area contributed by atoms with Crippen LogP contribution in [0.15, 0.2) is 0 Å². The van der Waals surface area contributed by atoms with Gasteiger partial charge in [0, 0.05) is 6.04 Å². The Morgan fingerprint density at radius 2 is 2.05 bits per heavy atom. The van der Waals surface area contributed by atoms with E-state index in [-0.39, 0.29) is 18.6 Å². The molecule has 4 heteroatoms. The number of hydrogen-bond acceptors (Lipinski definition) is 3. The summed E-state index contributed by atoms with van der Waals surface area (Å²) >= 11 is 0. The molecule has 0 bridgehead atoms. The molecule has 0 saturated heterocycles. The van der Waals surface area contributed by atoms with Crippen LogP contribution in [0.2, 0.25) is 0 Å². The molecule has 0 aliphatic heterocycles. The van der Waals surface area contributed by atoms with Crippen molar-refractivity contribution >= 4 is 5.91 Å². The number of carbonyl (C=O) groups excluding carboxylic acids is 1. The second-order valence-corrected chi connectivity index (χ2v) is 7.01. The van der Waals surface area contributed by atoms with Gasteiger partial charge in [-0.05, 0) is 38.5 Å². The number of nitrogens with two attached hydrogens (primary N) is 1. The van der Waals surface area contributed by atoms with E-state index in [4.69, 9.17) is 5.73 Å². The molecule has 2 fully saturated rings. The third kappa shape index (κ3) is 2.79. The Morgan fingerprint density at radius 1 is 1.37 bits per heavy atom. The first-order valence-electron chi connectivity index (χ1n) is 7.61. The standard InChI is InChI=1S/C15H28N2O2/c1-11-5-3-8-15(9-11,10-18)17-13(19)14(2)7-4-6-12(14)16/h11-12,18H,3-10,16H2,1-2H3,(H,17,19). The van der Waals surface area contributed by atoms with Crippen molar-refractivity contribution in [3.8, 4) is 0 Å². The molecule has 4 atom stereocenters. The van der Waals surface area contributed by atoms with Crippen molar-refractivity contribution in [2.75, 3.05) is 6.61 Å². The van der Waals surface area contributed by atoms with Crippen LogP contribution in [0.5, 0.6) is 0 Å². The maximum Gasteiger partial charge on any atom is 0.228 e. The average Bonchev–Trinajstić information content (AvgIpc) is 2.71. The van der Waals surface area contributed by atoms with E-state index in [9.17, 15) is 9.90 Å². The van der Waals surface area contributed by atoms with E-state index in [1.165, 1.54) is 6.42 Å². The number of aliphatic hydroxyl groups excluding tert-OH is 1. The minimum Gasteiger partial charge on any atom is -0.394 e. The maximum absolute atomic E-state index is 12.6. The van der Waals surface area contributed by atoms with E-state index in [0.717, 1.165) is 38.5 Å². The minimum absolute atomic E-state index is 0.0361. The van der Waals surface area contributed by atoms with E-state index >= 15 is 0 Å². The highest BCUT2D eigenvalue weighted by Gasteiger charge is 2.46. The Balaban J connectivity index is 2.08. The summed E-state index contributed by atoms with van der Waals surface area (Å²) in [7, 11) is 0. The van der Waals surface area contributed by atoms with Gasteiger partial charge in [0.1, 0.15) is 0 Å². The quantitative estimate of drug-likeness (QED) is 0.727. The molecule has 4 nitrogen and oxygen atoms in total. The zero-order valence-corrected chi connectivity index (χ0v) is 12.2. The first-order chi connectivity index (χ1) is 8.92. The third-order valence-corrected chi connectivity index (χ3v) is 5.32. The van der Waals surface area contributed by atoms with Crippen LogP contribution in [0.3, 0.4) is 0 Å². The van der Waals surface area contributed by atoms with Gasteiger partial charge in [-0.25, -0.2) is 0 Å². The third-order valence-electron chi connectivity index (χ3n) is 5.32. The molecule has 0 radical (unpaired) electrons. The van der Waals surface area contributed by atoms with E-state index < -0.39 is 11.0 Å². The number of hydrogen-bond donors (Lipinski definition) is 3. The van der Waals surface area contributed by atoms with Gasteiger partial charge in [-0.2, -0.15) is 0 Å². The summed E-state index contributed by atoms with van der Waals surface area (Å²) in [6, 6.07) is -0.0516. The van der Waals surface area contributed by atoms with Gasteiger partial charge in [0.05, 0.1) is 17.6 Å². The van der Waals surface area contributed by atoms with E-state index in [1.54, 1.807) is 0 Å². The second kappa shape index (κ2) is 5.41. The van der Waals surface area contributed by atoms with Crippen LogP contribution in [0.1, 0.15) is 58.8 Å². The Morgan fingerprint density at radius 3 is 2.58 bits per heavy atom. The number of amides is 1. The summed E-state index contributed by atoms with van der Waals surface area (Å²) in [5.41, 5.74) is 5.24. The Labute approximate surface area is 116 Å². The highest BCUT2D eigenvalue weighted by atomic mass is 16.3. The number of nitrogens with one attached hydrogen (secondary N) is 1. The van der Waals surface area contributed by atoms with Gasteiger partial charge < -0.3 is 16.2 Å². The maximum atomic E-state index is 12.6. The smallest absolute Gasteiger partial charge is 0.228 e. The van der Waals surface area contributed by atoms with Crippen molar-refractivity contribution in [1.82, 2.24) is 5.32 Å². The molecular formula is C15H28N2O2. The first kappa shape index (κ1) is 14.8. The lowest BCUT2D eigenvalue weighted by Crippen LogP contribution is -2.59. The van der Waals surface area contributed by atoms with Crippen molar-refractivity contribution < 1.29 is 9.90 Å². The molecule has 1 amide bonds. The van der Waals surface area contributed by atoms with Crippen LogP contribution in [-0.2, 0) is 4.79 Å². The number of carbonyl (C=O) groups is 1. The van der Waals surface area contributed by atoms with E-state index in [1.807, 2.05) is 6.92 Å². The second-order valence-electron chi connectivity index (χ2n) is 7.01. The van der Waals surface area contributed by atoms with Gasteiger partial charge in [0.15, 0.2) is 0 Å². The van der Waals surface area contributed by atoms with Crippen LogP contribution in [-0.4, -0.2) is 29.2 Å². The van der Waals surface area contributed by atoms with Crippen molar-refractivity contribution in [3.05, 3.63) is 0 Å². The molecular weight excluding hydrogens is 240 g/mol. The summed E-state index contributed by atoms with van der Waals surface area (Å²) in [5.74, 6) is 0.604. The van der Waals surface area contributed by atoms with Gasteiger partial charge in [-0.15, -0.1) is 0 Å². The predicted octanol–water partition coefficient (Wildman–Crippen LogP) is 1.56. The van der Waals surface area contributed by atoms with Crippen molar-refractivity contribution in [1.29, 1.82) is 0 Å². The van der Waals surface area contributed by atoms with Gasteiger partial charge in [0.25, 0.3) is 0 Å². The van der Waals surface area contributed by atoms with Gasteiger partial charge >= 0.3 is 0 Å². The Hall–Kier alpha value is -0.610. The summed E-state index contributed by atoms with van der Waals surface area (Å²) in [6.07, 6.45) is 6.82. The summed E-state index contributed by atoms with van der Waals surface area (Å²) in [5, 5.41) is 12.9. The number of rotatable bonds is 3. The van der Waals surface area contributed by atoms with Crippen molar-refractivity contribution in [2.45, 2.75) is 70.4 Å². The molecule has 4 unspecified atom stereocenters.